The van der Waals surface area contributed by atoms with Gasteiger partial charge in [-0.05, 0) is 119 Å². The Labute approximate surface area is 286 Å². The highest BCUT2D eigenvalue weighted by molar-refractivity contribution is 6.22. The van der Waals surface area contributed by atoms with E-state index in [2.05, 4.69) is 180 Å². The molecule has 0 heterocycles. The third kappa shape index (κ3) is 5.15. The van der Waals surface area contributed by atoms with E-state index < -0.39 is 0 Å². The van der Waals surface area contributed by atoms with E-state index in [1.165, 1.54) is 70.9 Å². The topological polar surface area (TPSA) is 24.1 Å². The monoisotopic (exact) mass is 626 g/mol. The first-order valence-electron chi connectivity index (χ1n) is 16.8. The van der Waals surface area contributed by atoms with E-state index in [-0.39, 0.29) is 0 Å². The van der Waals surface area contributed by atoms with E-state index in [0.717, 1.165) is 22.6 Å². The van der Waals surface area contributed by atoms with Crippen molar-refractivity contribution in [1.82, 2.24) is 0 Å². The third-order valence-electron chi connectivity index (χ3n) is 9.78. The maximum atomic E-state index is 3.63. The molecule has 0 amide bonds. The number of rotatable bonds is 6. The molecule has 0 aliphatic carbocycles. The van der Waals surface area contributed by atoms with Crippen LogP contribution in [0.3, 0.4) is 0 Å². The Bertz CT molecular complexity index is 2670. The average Bonchev–Trinajstić information content (AvgIpc) is 3.16. The Morgan fingerprint density at radius 1 is 0.327 bits per heavy atom. The van der Waals surface area contributed by atoms with Crippen LogP contribution in [0.1, 0.15) is 0 Å². The summed E-state index contributed by atoms with van der Waals surface area (Å²) in [5.41, 5.74) is 10.5. The number of fused-ring (bicyclic) bond motifs is 4. The summed E-state index contributed by atoms with van der Waals surface area (Å²) in [5, 5.41) is 17.0. The van der Waals surface area contributed by atoms with E-state index >= 15 is 0 Å². The normalized spacial score (nSPS) is 11.4. The number of hydrogen-bond acceptors (Lipinski definition) is 2. The molecule has 0 radical (unpaired) electrons. The first kappa shape index (κ1) is 28.8. The summed E-state index contributed by atoms with van der Waals surface area (Å²) in [6.45, 7) is 0. The molecule has 9 aromatic rings. The minimum absolute atomic E-state index is 1.04. The summed E-state index contributed by atoms with van der Waals surface area (Å²) in [7, 11) is 1.97. The molecule has 0 spiro atoms. The van der Waals surface area contributed by atoms with Gasteiger partial charge in [0, 0.05) is 12.7 Å². The molecular formula is C47H34N2. The van der Waals surface area contributed by atoms with E-state index in [1.807, 2.05) is 13.1 Å². The van der Waals surface area contributed by atoms with Gasteiger partial charge in [0.25, 0.3) is 0 Å². The maximum Gasteiger partial charge on any atom is 0.0626 e. The van der Waals surface area contributed by atoms with Gasteiger partial charge in [-0.25, -0.2) is 0 Å². The number of hydrogen-bond donors (Lipinski definition) is 2. The molecule has 0 saturated heterocycles. The van der Waals surface area contributed by atoms with E-state index in [9.17, 15) is 0 Å². The Kier molecular flexibility index (Phi) is 7.06. The molecule has 0 fully saturated rings. The van der Waals surface area contributed by atoms with Crippen LogP contribution in [0.4, 0.5) is 17.1 Å². The van der Waals surface area contributed by atoms with Gasteiger partial charge in [0.15, 0.2) is 0 Å². The van der Waals surface area contributed by atoms with Crippen LogP contribution in [-0.4, -0.2) is 7.05 Å². The highest BCUT2D eigenvalue weighted by atomic mass is 14.9. The van der Waals surface area contributed by atoms with Crippen LogP contribution in [0.2, 0.25) is 0 Å². The fourth-order valence-corrected chi connectivity index (χ4v) is 7.39. The molecule has 2 nitrogen and oxygen atoms in total. The van der Waals surface area contributed by atoms with Crippen molar-refractivity contribution < 1.29 is 0 Å². The summed E-state index contributed by atoms with van der Waals surface area (Å²) >= 11 is 0. The third-order valence-corrected chi connectivity index (χ3v) is 9.78. The molecule has 0 unspecified atom stereocenters. The van der Waals surface area contributed by atoms with Gasteiger partial charge in [-0.2, -0.15) is 0 Å². The van der Waals surface area contributed by atoms with Crippen molar-refractivity contribution in [3.8, 4) is 33.4 Å². The number of nitrogens with one attached hydrogen (secondary N) is 2. The molecule has 232 valence electrons. The molecule has 0 aliphatic rings. The first-order chi connectivity index (χ1) is 24.2. The molecule has 9 aromatic carbocycles. The second-order valence-electron chi connectivity index (χ2n) is 12.7. The summed E-state index contributed by atoms with van der Waals surface area (Å²) in [6.07, 6.45) is 0. The molecule has 0 aliphatic heterocycles. The van der Waals surface area contributed by atoms with Crippen LogP contribution in [0.15, 0.2) is 176 Å². The standard InChI is InChI=1S/C47H34N2/c1-48-44-26-24-36(30-45(44)49-39-15-3-2-4-16-39)35-23-25-42-43(29-35)47(38-22-20-32-12-6-8-14-34(32)28-38)41-18-10-9-17-40(41)46(42)37-21-19-31-11-5-7-13-33(31)27-37/h2-30,48-49H,1H3. The number of para-hydroxylation sites is 1. The molecule has 0 aromatic heterocycles. The van der Waals surface area contributed by atoms with Gasteiger partial charge in [-0.15, -0.1) is 0 Å². The van der Waals surface area contributed by atoms with Crippen LogP contribution in [-0.2, 0) is 0 Å². The van der Waals surface area contributed by atoms with Crippen LogP contribution in [0.25, 0.3) is 76.5 Å². The summed E-state index contributed by atoms with van der Waals surface area (Å²) in [5.74, 6) is 0. The Morgan fingerprint density at radius 2 is 0.816 bits per heavy atom. The van der Waals surface area contributed by atoms with E-state index in [1.54, 1.807) is 0 Å². The van der Waals surface area contributed by atoms with Crippen molar-refractivity contribution >= 4 is 60.2 Å². The zero-order chi connectivity index (χ0) is 32.7. The zero-order valence-corrected chi connectivity index (χ0v) is 27.2. The summed E-state index contributed by atoms with van der Waals surface area (Å²) in [4.78, 5) is 0. The van der Waals surface area contributed by atoms with Gasteiger partial charge in [0.05, 0.1) is 11.4 Å². The minimum atomic E-state index is 1.04. The fourth-order valence-electron chi connectivity index (χ4n) is 7.39. The first-order valence-corrected chi connectivity index (χ1v) is 16.8. The minimum Gasteiger partial charge on any atom is -0.386 e. The second kappa shape index (κ2) is 12.0. The van der Waals surface area contributed by atoms with E-state index in [0.29, 0.717) is 0 Å². The summed E-state index contributed by atoms with van der Waals surface area (Å²) < 4.78 is 0. The van der Waals surface area contributed by atoms with Crippen LogP contribution < -0.4 is 10.6 Å². The number of anilines is 3. The van der Waals surface area contributed by atoms with Gasteiger partial charge < -0.3 is 10.6 Å². The fraction of sp³-hybridized carbons (Fsp3) is 0.0213. The Hall–Kier alpha value is -6.38. The van der Waals surface area contributed by atoms with Gasteiger partial charge in [-0.1, -0.05) is 133 Å². The summed E-state index contributed by atoms with van der Waals surface area (Å²) in [6, 6.07) is 63.9. The Balaban J connectivity index is 1.32. The van der Waals surface area contributed by atoms with Gasteiger partial charge in [0.2, 0.25) is 0 Å². The lowest BCUT2D eigenvalue weighted by Crippen LogP contribution is -1.97. The molecule has 2 heteroatoms. The molecule has 0 atom stereocenters. The SMILES string of the molecule is CNc1ccc(-c2ccc3c(-c4ccc5ccccc5c4)c4ccccc4c(-c4ccc5ccccc5c4)c3c2)cc1Nc1ccccc1. The molecule has 0 saturated carbocycles. The Morgan fingerprint density at radius 3 is 1.45 bits per heavy atom. The lowest BCUT2D eigenvalue weighted by atomic mass is 9.84. The molecular weight excluding hydrogens is 593 g/mol. The van der Waals surface area contributed by atoms with Crippen LogP contribution >= 0.6 is 0 Å². The predicted molar refractivity (Wildman–Crippen MR) is 212 cm³/mol. The van der Waals surface area contributed by atoms with Crippen molar-refractivity contribution in [3.63, 3.8) is 0 Å². The van der Waals surface area contributed by atoms with Crippen molar-refractivity contribution in [1.29, 1.82) is 0 Å². The maximum absolute atomic E-state index is 3.63. The molecule has 0 bridgehead atoms. The zero-order valence-electron chi connectivity index (χ0n) is 27.2. The quantitative estimate of drug-likeness (QED) is 0.179. The second-order valence-corrected chi connectivity index (χ2v) is 12.7. The smallest absolute Gasteiger partial charge is 0.0626 e. The molecule has 9 rings (SSSR count). The van der Waals surface area contributed by atoms with Crippen molar-refractivity contribution in [2.75, 3.05) is 17.7 Å². The average molecular weight is 627 g/mol. The highest BCUT2D eigenvalue weighted by Crippen LogP contribution is 2.46. The van der Waals surface area contributed by atoms with Gasteiger partial charge >= 0.3 is 0 Å². The lowest BCUT2D eigenvalue weighted by Gasteiger charge is -2.20. The highest BCUT2D eigenvalue weighted by Gasteiger charge is 2.18. The van der Waals surface area contributed by atoms with Crippen molar-refractivity contribution in [3.05, 3.63) is 176 Å². The van der Waals surface area contributed by atoms with Crippen molar-refractivity contribution in [2.45, 2.75) is 0 Å². The van der Waals surface area contributed by atoms with Crippen LogP contribution in [0, 0.1) is 0 Å². The van der Waals surface area contributed by atoms with Crippen molar-refractivity contribution in [2.24, 2.45) is 0 Å². The molecule has 49 heavy (non-hydrogen) atoms. The number of benzene rings is 9. The van der Waals surface area contributed by atoms with E-state index in [4.69, 9.17) is 0 Å². The lowest BCUT2D eigenvalue weighted by molar-refractivity contribution is 1.47. The van der Waals surface area contributed by atoms with Gasteiger partial charge in [-0.3, -0.25) is 0 Å². The van der Waals surface area contributed by atoms with Crippen LogP contribution in [0.5, 0.6) is 0 Å². The molecule has 2 N–H and O–H groups in total. The largest absolute Gasteiger partial charge is 0.386 e. The van der Waals surface area contributed by atoms with Gasteiger partial charge in [0.1, 0.15) is 0 Å². The predicted octanol–water partition coefficient (Wildman–Crippen LogP) is 13.1.